The Bertz CT molecular complexity index is 476. The van der Waals surface area contributed by atoms with E-state index < -0.39 is 11.7 Å². The Morgan fingerprint density at radius 1 is 1.53 bits per heavy atom. The largest absolute Gasteiger partial charge is 0.371 e. The highest BCUT2D eigenvalue weighted by Gasteiger charge is 2.25. The van der Waals surface area contributed by atoms with Crippen molar-refractivity contribution in [3.8, 4) is 0 Å². The van der Waals surface area contributed by atoms with Crippen molar-refractivity contribution in [2.75, 3.05) is 18.0 Å². The smallest absolute Gasteiger partial charge is 0.250 e. The molecule has 2 atom stereocenters. The number of nitrogens with two attached hydrogens (primary N) is 2. The second kappa shape index (κ2) is 5.57. The molecule has 0 spiro atoms. The van der Waals surface area contributed by atoms with Crippen LogP contribution < -0.4 is 16.4 Å². The van der Waals surface area contributed by atoms with Gasteiger partial charge in [0.2, 0.25) is 0 Å². The van der Waals surface area contributed by atoms with Crippen molar-refractivity contribution >= 4 is 11.6 Å². The SMILES string of the molecule is CC(N)C1CCCN(c2ccc(F)cc2C(N)=O)C1. The van der Waals surface area contributed by atoms with E-state index in [1.54, 1.807) is 6.07 Å². The Kier molecular flexibility index (Phi) is 4.04. The van der Waals surface area contributed by atoms with Crippen LogP contribution in [0.2, 0.25) is 0 Å². The Labute approximate surface area is 112 Å². The monoisotopic (exact) mass is 265 g/mol. The Morgan fingerprint density at radius 2 is 2.26 bits per heavy atom. The van der Waals surface area contributed by atoms with E-state index in [0.717, 1.165) is 25.9 Å². The topological polar surface area (TPSA) is 72.3 Å². The first-order valence-electron chi connectivity index (χ1n) is 6.59. The average molecular weight is 265 g/mol. The van der Waals surface area contributed by atoms with Crippen molar-refractivity contribution in [3.63, 3.8) is 0 Å². The Morgan fingerprint density at radius 3 is 2.89 bits per heavy atom. The van der Waals surface area contributed by atoms with Gasteiger partial charge in [0.25, 0.3) is 5.91 Å². The maximum absolute atomic E-state index is 13.2. The summed E-state index contributed by atoms with van der Waals surface area (Å²) in [6, 6.07) is 4.30. The van der Waals surface area contributed by atoms with Crippen molar-refractivity contribution in [2.24, 2.45) is 17.4 Å². The third-order valence-electron chi connectivity index (χ3n) is 3.77. The minimum absolute atomic E-state index is 0.111. The third-order valence-corrected chi connectivity index (χ3v) is 3.77. The van der Waals surface area contributed by atoms with E-state index in [-0.39, 0.29) is 11.6 Å². The molecule has 5 heteroatoms. The van der Waals surface area contributed by atoms with Gasteiger partial charge in [-0.25, -0.2) is 4.39 Å². The molecule has 0 radical (unpaired) electrons. The lowest BCUT2D eigenvalue weighted by Gasteiger charge is -2.36. The second-order valence-electron chi connectivity index (χ2n) is 5.23. The van der Waals surface area contributed by atoms with E-state index in [0.29, 0.717) is 11.6 Å². The zero-order valence-electron chi connectivity index (χ0n) is 11.1. The first-order valence-corrected chi connectivity index (χ1v) is 6.59. The number of piperidine rings is 1. The number of amides is 1. The quantitative estimate of drug-likeness (QED) is 0.869. The summed E-state index contributed by atoms with van der Waals surface area (Å²) in [6.07, 6.45) is 2.10. The summed E-state index contributed by atoms with van der Waals surface area (Å²) in [6.45, 7) is 3.62. The van der Waals surface area contributed by atoms with Gasteiger partial charge in [-0.15, -0.1) is 0 Å². The lowest BCUT2D eigenvalue weighted by atomic mass is 9.91. The fourth-order valence-corrected chi connectivity index (χ4v) is 2.64. The first kappa shape index (κ1) is 13.8. The molecule has 2 rings (SSSR count). The molecule has 1 aliphatic rings. The van der Waals surface area contributed by atoms with Gasteiger partial charge in [0.05, 0.1) is 5.56 Å². The molecule has 1 aromatic rings. The van der Waals surface area contributed by atoms with Crippen molar-refractivity contribution in [1.29, 1.82) is 0 Å². The number of rotatable bonds is 3. The highest BCUT2D eigenvalue weighted by Crippen LogP contribution is 2.27. The lowest BCUT2D eigenvalue weighted by molar-refractivity contribution is 0.1000. The van der Waals surface area contributed by atoms with Gasteiger partial charge in [-0.2, -0.15) is 0 Å². The molecule has 4 N–H and O–H groups in total. The summed E-state index contributed by atoms with van der Waals surface area (Å²) in [5.74, 6) is -0.657. The minimum Gasteiger partial charge on any atom is -0.371 e. The molecule has 0 bridgehead atoms. The normalized spacial score (nSPS) is 21.2. The van der Waals surface area contributed by atoms with Gasteiger partial charge in [0, 0.05) is 24.8 Å². The first-order chi connectivity index (χ1) is 8.99. The minimum atomic E-state index is -0.600. The molecule has 1 heterocycles. The summed E-state index contributed by atoms with van der Waals surface area (Å²) >= 11 is 0. The Hall–Kier alpha value is -1.62. The summed E-state index contributed by atoms with van der Waals surface area (Å²) in [5, 5.41) is 0. The highest BCUT2D eigenvalue weighted by molar-refractivity contribution is 5.98. The van der Waals surface area contributed by atoms with Crippen LogP contribution in [0.15, 0.2) is 18.2 Å². The summed E-state index contributed by atoms with van der Waals surface area (Å²) < 4.78 is 13.2. The second-order valence-corrected chi connectivity index (χ2v) is 5.23. The van der Waals surface area contributed by atoms with Crippen LogP contribution in [-0.4, -0.2) is 25.0 Å². The van der Waals surface area contributed by atoms with Gasteiger partial charge in [-0.05, 0) is 43.9 Å². The van der Waals surface area contributed by atoms with Crippen LogP contribution in [0.5, 0.6) is 0 Å². The summed E-state index contributed by atoms with van der Waals surface area (Å²) in [5.41, 5.74) is 12.2. The summed E-state index contributed by atoms with van der Waals surface area (Å²) in [7, 11) is 0. The van der Waals surface area contributed by atoms with E-state index in [1.807, 2.05) is 6.92 Å². The number of primary amides is 1. The number of nitrogens with zero attached hydrogens (tertiary/aromatic N) is 1. The van der Waals surface area contributed by atoms with E-state index in [9.17, 15) is 9.18 Å². The lowest BCUT2D eigenvalue weighted by Crippen LogP contribution is -2.43. The molecule has 19 heavy (non-hydrogen) atoms. The molecule has 1 aromatic carbocycles. The van der Waals surface area contributed by atoms with Crippen LogP contribution in [0.25, 0.3) is 0 Å². The summed E-state index contributed by atoms with van der Waals surface area (Å²) in [4.78, 5) is 13.5. The van der Waals surface area contributed by atoms with Gasteiger partial charge in [0.1, 0.15) is 5.82 Å². The number of carbonyl (C=O) groups excluding carboxylic acids is 1. The van der Waals surface area contributed by atoms with Gasteiger partial charge in [-0.1, -0.05) is 0 Å². The predicted octanol–water partition coefficient (Wildman–Crippen LogP) is 1.49. The van der Waals surface area contributed by atoms with Gasteiger partial charge < -0.3 is 16.4 Å². The van der Waals surface area contributed by atoms with Crippen LogP contribution >= 0.6 is 0 Å². The molecule has 0 saturated carbocycles. The average Bonchev–Trinajstić information content (AvgIpc) is 2.38. The zero-order chi connectivity index (χ0) is 14.0. The molecule has 0 aromatic heterocycles. The van der Waals surface area contributed by atoms with Gasteiger partial charge in [0.15, 0.2) is 0 Å². The highest BCUT2D eigenvalue weighted by atomic mass is 19.1. The maximum Gasteiger partial charge on any atom is 0.250 e. The fourth-order valence-electron chi connectivity index (χ4n) is 2.64. The Balaban J connectivity index is 2.28. The van der Waals surface area contributed by atoms with Crippen LogP contribution in [0.3, 0.4) is 0 Å². The van der Waals surface area contributed by atoms with Crippen molar-refractivity contribution in [1.82, 2.24) is 0 Å². The van der Waals surface area contributed by atoms with Crippen molar-refractivity contribution in [2.45, 2.75) is 25.8 Å². The third kappa shape index (κ3) is 3.04. The van der Waals surface area contributed by atoms with Crippen molar-refractivity contribution in [3.05, 3.63) is 29.6 Å². The number of halogens is 1. The molecule has 4 nitrogen and oxygen atoms in total. The van der Waals surface area contributed by atoms with Gasteiger partial charge >= 0.3 is 0 Å². The number of benzene rings is 1. The standard InChI is InChI=1S/C14H20FN3O/c1-9(16)10-3-2-6-18(8-10)13-5-4-11(15)7-12(13)14(17)19/h4-5,7,9-10H,2-3,6,8,16H2,1H3,(H2,17,19). The van der Waals surface area contributed by atoms with Gasteiger partial charge in [-0.3, -0.25) is 4.79 Å². The van der Waals surface area contributed by atoms with Crippen LogP contribution in [0, 0.1) is 11.7 Å². The molecule has 2 unspecified atom stereocenters. The predicted molar refractivity (Wildman–Crippen MR) is 73.5 cm³/mol. The number of carbonyl (C=O) groups is 1. The van der Waals surface area contributed by atoms with E-state index >= 15 is 0 Å². The molecule has 0 aliphatic carbocycles. The van der Waals surface area contributed by atoms with Crippen LogP contribution in [0.1, 0.15) is 30.1 Å². The molecule has 1 amide bonds. The molecular weight excluding hydrogens is 245 g/mol. The number of hydrogen-bond donors (Lipinski definition) is 2. The number of anilines is 1. The van der Waals surface area contributed by atoms with E-state index in [1.165, 1.54) is 12.1 Å². The van der Waals surface area contributed by atoms with Crippen LogP contribution in [0.4, 0.5) is 10.1 Å². The van der Waals surface area contributed by atoms with Crippen molar-refractivity contribution < 1.29 is 9.18 Å². The maximum atomic E-state index is 13.2. The molecule has 1 saturated heterocycles. The molecule has 1 fully saturated rings. The fraction of sp³-hybridized carbons (Fsp3) is 0.500. The van der Waals surface area contributed by atoms with E-state index in [4.69, 9.17) is 11.5 Å². The van der Waals surface area contributed by atoms with E-state index in [2.05, 4.69) is 4.90 Å². The zero-order valence-corrected chi connectivity index (χ0v) is 11.1. The molecule has 1 aliphatic heterocycles. The molecule has 104 valence electrons. The van der Waals surface area contributed by atoms with Crippen LogP contribution in [-0.2, 0) is 0 Å². The molecular formula is C14H20FN3O. The number of hydrogen-bond acceptors (Lipinski definition) is 3.